The zero-order chi connectivity index (χ0) is 25.8. The first-order valence-corrected chi connectivity index (χ1v) is 9.99. The zero-order valence-electron chi connectivity index (χ0n) is 18.0. The molecule has 0 spiro atoms. The van der Waals surface area contributed by atoms with Gasteiger partial charge in [0.1, 0.15) is 18.1 Å². The quantitative estimate of drug-likeness (QED) is 0.130. The fraction of sp³-hybridized carbons (Fsp3) is 0.400. The smallest absolute Gasteiger partial charge is 0.326 e. The number of amides is 4. The monoisotopic (exact) mass is 481 g/mol. The van der Waals surface area contributed by atoms with Gasteiger partial charge in [0.2, 0.25) is 23.6 Å². The number of carbonyl (C=O) groups excluding carboxylic acids is 4. The molecule has 1 rings (SSSR count). The number of nitrogens with one attached hydrogen (secondary N) is 3. The minimum atomic E-state index is -1.83. The van der Waals surface area contributed by atoms with Crippen LogP contribution in [0.3, 0.4) is 0 Å². The highest BCUT2D eigenvalue weighted by atomic mass is 16.4. The van der Waals surface area contributed by atoms with Crippen LogP contribution in [0.2, 0.25) is 0 Å². The first-order chi connectivity index (χ1) is 15.9. The number of benzene rings is 1. The van der Waals surface area contributed by atoms with E-state index in [9.17, 15) is 33.9 Å². The van der Waals surface area contributed by atoms with Crippen LogP contribution < -0.4 is 27.4 Å². The summed E-state index contributed by atoms with van der Waals surface area (Å²) in [5.41, 5.74) is 11.7. The van der Waals surface area contributed by atoms with Gasteiger partial charge in [0, 0.05) is 0 Å². The van der Waals surface area contributed by atoms with Crippen LogP contribution in [0.15, 0.2) is 30.3 Å². The summed E-state index contributed by atoms with van der Waals surface area (Å²) < 4.78 is 0. The van der Waals surface area contributed by atoms with Gasteiger partial charge >= 0.3 is 11.9 Å². The van der Waals surface area contributed by atoms with Gasteiger partial charge in [-0.1, -0.05) is 30.3 Å². The Morgan fingerprint density at radius 2 is 1.32 bits per heavy atom. The van der Waals surface area contributed by atoms with Gasteiger partial charge in [-0.15, -0.1) is 0 Å². The SMILES string of the molecule is NC(=O)CC(NC(=O)C(N)Cc1ccccc1)C(=O)NC(CO)C(=O)NC(CC(=O)O)C(=O)O. The number of rotatable bonds is 14. The number of nitrogens with two attached hydrogens (primary N) is 2. The van der Waals surface area contributed by atoms with E-state index in [0.29, 0.717) is 0 Å². The van der Waals surface area contributed by atoms with Crippen molar-refractivity contribution < 1.29 is 44.1 Å². The largest absolute Gasteiger partial charge is 0.481 e. The van der Waals surface area contributed by atoms with Gasteiger partial charge in [-0.3, -0.25) is 24.0 Å². The predicted molar refractivity (Wildman–Crippen MR) is 115 cm³/mol. The maximum atomic E-state index is 12.6. The number of carboxylic acid groups (broad SMARTS) is 2. The number of primary amides is 1. The molecule has 0 saturated heterocycles. The van der Waals surface area contributed by atoms with Gasteiger partial charge in [-0.25, -0.2) is 4.79 Å². The third-order valence-electron chi connectivity index (χ3n) is 4.48. The second kappa shape index (κ2) is 13.5. The number of carboxylic acids is 2. The van der Waals surface area contributed by atoms with E-state index in [1.807, 2.05) is 5.32 Å². The Hall–Kier alpha value is -4.04. The van der Waals surface area contributed by atoms with Gasteiger partial charge in [-0.05, 0) is 12.0 Å². The summed E-state index contributed by atoms with van der Waals surface area (Å²) in [6.45, 7) is -0.998. The average Bonchev–Trinajstić information content (AvgIpc) is 2.76. The van der Waals surface area contributed by atoms with Crippen LogP contribution in [0.1, 0.15) is 18.4 Å². The van der Waals surface area contributed by atoms with Crippen LogP contribution in [0.5, 0.6) is 0 Å². The molecular weight excluding hydrogens is 454 g/mol. The fourth-order valence-corrected chi connectivity index (χ4v) is 2.76. The van der Waals surface area contributed by atoms with Gasteiger partial charge < -0.3 is 42.7 Å². The number of carbonyl (C=O) groups is 6. The summed E-state index contributed by atoms with van der Waals surface area (Å²) in [5, 5.41) is 33.4. The Morgan fingerprint density at radius 1 is 0.794 bits per heavy atom. The summed E-state index contributed by atoms with van der Waals surface area (Å²) in [5.74, 6) is -7.19. The summed E-state index contributed by atoms with van der Waals surface area (Å²) in [6, 6.07) is 2.55. The van der Waals surface area contributed by atoms with E-state index in [0.717, 1.165) is 5.56 Å². The first-order valence-electron chi connectivity index (χ1n) is 9.99. The molecule has 1 aromatic rings. The molecule has 0 heterocycles. The lowest BCUT2D eigenvalue weighted by Gasteiger charge is -2.23. The lowest BCUT2D eigenvalue weighted by Crippen LogP contribution is -2.58. The average molecular weight is 481 g/mol. The fourth-order valence-electron chi connectivity index (χ4n) is 2.76. The third kappa shape index (κ3) is 9.62. The molecule has 14 heteroatoms. The van der Waals surface area contributed by atoms with Crippen LogP contribution in [0.25, 0.3) is 0 Å². The first kappa shape index (κ1) is 28.0. The topological polar surface area (TPSA) is 251 Å². The molecule has 0 aliphatic carbocycles. The van der Waals surface area contributed by atoms with Crippen molar-refractivity contribution in [1.82, 2.24) is 16.0 Å². The van der Waals surface area contributed by atoms with Crippen LogP contribution >= 0.6 is 0 Å². The molecule has 0 aliphatic rings. The minimum Gasteiger partial charge on any atom is -0.481 e. The molecule has 4 unspecified atom stereocenters. The van der Waals surface area contributed by atoms with Crippen LogP contribution in [0.4, 0.5) is 0 Å². The molecule has 1 aromatic carbocycles. The van der Waals surface area contributed by atoms with E-state index in [-0.39, 0.29) is 6.42 Å². The van der Waals surface area contributed by atoms with Crippen molar-refractivity contribution in [2.24, 2.45) is 11.5 Å². The molecule has 0 fully saturated rings. The van der Waals surface area contributed by atoms with Crippen LogP contribution in [0, 0.1) is 0 Å². The lowest BCUT2D eigenvalue weighted by molar-refractivity contribution is -0.147. The van der Waals surface area contributed by atoms with Crippen molar-refractivity contribution in [3.8, 4) is 0 Å². The molecular formula is C20H27N5O9. The van der Waals surface area contributed by atoms with Crippen molar-refractivity contribution in [3.63, 3.8) is 0 Å². The Morgan fingerprint density at radius 3 is 1.82 bits per heavy atom. The molecule has 34 heavy (non-hydrogen) atoms. The van der Waals surface area contributed by atoms with E-state index in [2.05, 4.69) is 10.6 Å². The highest BCUT2D eigenvalue weighted by molar-refractivity contribution is 5.96. The molecule has 0 saturated carbocycles. The second-order valence-electron chi connectivity index (χ2n) is 7.27. The Bertz CT molecular complexity index is 909. The van der Waals surface area contributed by atoms with E-state index in [4.69, 9.17) is 21.7 Å². The third-order valence-corrected chi connectivity index (χ3v) is 4.48. The molecule has 0 aliphatic heterocycles. The minimum absolute atomic E-state index is 0.124. The zero-order valence-corrected chi connectivity index (χ0v) is 18.0. The summed E-state index contributed by atoms with van der Waals surface area (Å²) in [7, 11) is 0. The van der Waals surface area contributed by atoms with Crippen LogP contribution in [-0.4, -0.2) is 81.7 Å². The highest BCUT2D eigenvalue weighted by Crippen LogP contribution is 2.03. The van der Waals surface area contributed by atoms with Crippen molar-refractivity contribution in [1.29, 1.82) is 0 Å². The number of aliphatic hydroxyl groups excluding tert-OH is 1. The summed E-state index contributed by atoms with van der Waals surface area (Å²) in [6.07, 6.45) is -1.49. The lowest BCUT2D eigenvalue weighted by atomic mass is 10.0. The van der Waals surface area contributed by atoms with E-state index in [1.165, 1.54) is 0 Å². The van der Waals surface area contributed by atoms with E-state index < -0.39 is 79.2 Å². The van der Waals surface area contributed by atoms with Crippen LogP contribution in [-0.2, 0) is 35.2 Å². The van der Waals surface area contributed by atoms with Crippen molar-refractivity contribution in [2.45, 2.75) is 43.4 Å². The Kier molecular flexibility index (Phi) is 11.1. The molecule has 0 bridgehead atoms. The number of aliphatic hydroxyl groups is 1. The van der Waals surface area contributed by atoms with Crippen molar-refractivity contribution >= 4 is 35.6 Å². The van der Waals surface area contributed by atoms with E-state index >= 15 is 0 Å². The normalized spacial score (nSPS) is 14.1. The number of hydrogen-bond donors (Lipinski definition) is 8. The maximum Gasteiger partial charge on any atom is 0.326 e. The number of hydrogen-bond acceptors (Lipinski definition) is 8. The molecule has 4 amide bonds. The molecule has 0 radical (unpaired) electrons. The Labute approximate surface area is 193 Å². The van der Waals surface area contributed by atoms with Gasteiger partial charge in [0.15, 0.2) is 0 Å². The van der Waals surface area contributed by atoms with Gasteiger partial charge in [0.25, 0.3) is 0 Å². The predicted octanol–water partition coefficient (Wildman–Crippen LogP) is -3.56. The maximum absolute atomic E-state index is 12.6. The second-order valence-corrected chi connectivity index (χ2v) is 7.27. The molecule has 10 N–H and O–H groups in total. The van der Waals surface area contributed by atoms with Crippen molar-refractivity contribution in [2.75, 3.05) is 6.61 Å². The van der Waals surface area contributed by atoms with E-state index in [1.54, 1.807) is 30.3 Å². The van der Waals surface area contributed by atoms with Crippen molar-refractivity contribution in [3.05, 3.63) is 35.9 Å². The molecule has 4 atom stereocenters. The highest BCUT2D eigenvalue weighted by Gasteiger charge is 2.31. The van der Waals surface area contributed by atoms with Gasteiger partial charge in [0.05, 0.1) is 25.5 Å². The standard InChI is InChI=1S/C20H27N5O9/c21-11(6-10-4-2-1-3-5-10)17(30)23-12(7-15(22)27)18(31)25-14(9-26)19(32)24-13(20(33)34)8-16(28)29/h1-5,11-14,26H,6-9,21H2,(H2,22,27)(H,23,30)(H,24,32)(H,25,31)(H,28,29)(H,33,34). The molecule has 186 valence electrons. The molecule has 14 nitrogen and oxygen atoms in total. The summed E-state index contributed by atoms with van der Waals surface area (Å²) in [4.78, 5) is 70.5. The van der Waals surface area contributed by atoms with Gasteiger partial charge in [-0.2, -0.15) is 0 Å². The Balaban J connectivity index is 2.86. The number of aliphatic carboxylic acids is 2. The summed E-state index contributed by atoms with van der Waals surface area (Å²) >= 11 is 0. The molecule has 0 aromatic heterocycles.